The summed E-state index contributed by atoms with van der Waals surface area (Å²) in [5.41, 5.74) is 2.63. The second-order valence-electron chi connectivity index (χ2n) is 4.07. The monoisotopic (exact) mass is 206 g/mol. The molecular formula is C13H22N2. The average Bonchev–Trinajstić information content (AvgIpc) is 2.25. The molecule has 1 aromatic rings. The van der Waals surface area contributed by atoms with Gasteiger partial charge < -0.3 is 10.2 Å². The van der Waals surface area contributed by atoms with Crippen LogP contribution in [0.2, 0.25) is 0 Å². The zero-order chi connectivity index (χ0) is 11.1. The standard InChI is InChI=1S/C13H22N2/c1-12-6-8-13(9-7-12)15(3)11-5-4-10-14-2/h6-9,14H,4-5,10-11H2,1-3H3. The van der Waals surface area contributed by atoms with E-state index in [1.807, 2.05) is 7.05 Å². The molecule has 0 aliphatic carbocycles. The first-order valence-electron chi connectivity index (χ1n) is 5.66. The van der Waals surface area contributed by atoms with Crippen molar-refractivity contribution in [2.24, 2.45) is 0 Å². The Morgan fingerprint density at radius 1 is 1.13 bits per heavy atom. The second kappa shape index (κ2) is 6.46. The number of unbranched alkanes of at least 4 members (excludes halogenated alkanes) is 1. The summed E-state index contributed by atoms with van der Waals surface area (Å²) in [6.07, 6.45) is 2.48. The molecule has 0 saturated carbocycles. The fourth-order valence-electron chi connectivity index (χ4n) is 1.58. The van der Waals surface area contributed by atoms with Gasteiger partial charge in [0, 0.05) is 19.3 Å². The lowest BCUT2D eigenvalue weighted by molar-refractivity contribution is 0.671. The molecule has 15 heavy (non-hydrogen) atoms. The van der Waals surface area contributed by atoms with E-state index in [-0.39, 0.29) is 0 Å². The molecule has 0 spiro atoms. The molecule has 0 heterocycles. The molecule has 0 aromatic heterocycles. The van der Waals surface area contributed by atoms with Crippen molar-refractivity contribution in [3.63, 3.8) is 0 Å². The van der Waals surface area contributed by atoms with Crippen LogP contribution in [0.25, 0.3) is 0 Å². The van der Waals surface area contributed by atoms with Crippen LogP contribution in [0.3, 0.4) is 0 Å². The number of nitrogens with zero attached hydrogens (tertiary/aromatic N) is 1. The number of nitrogens with one attached hydrogen (secondary N) is 1. The molecule has 2 heteroatoms. The highest BCUT2D eigenvalue weighted by molar-refractivity contribution is 5.46. The molecule has 1 aromatic carbocycles. The number of hydrogen-bond donors (Lipinski definition) is 1. The summed E-state index contributed by atoms with van der Waals surface area (Å²) in [6.45, 7) is 4.36. The maximum Gasteiger partial charge on any atom is 0.0363 e. The Bertz CT molecular complexity index is 266. The number of rotatable bonds is 6. The van der Waals surface area contributed by atoms with Crippen LogP contribution < -0.4 is 10.2 Å². The van der Waals surface area contributed by atoms with Crippen LogP contribution in [0, 0.1) is 6.92 Å². The van der Waals surface area contributed by atoms with E-state index in [1.165, 1.54) is 24.1 Å². The lowest BCUT2D eigenvalue weighted by Crippen LogP contribution is -2.19. The Hall–Kier alpha value is -1.02. The first-order chi connectivity index (χ1) is 7.24. The lowest BCUT2D eigenvalue weighted by atomic mass is 10.2. The zero-order valence-corrected chi connectivity index (χ0v) is 10.1. The predicted octanol–water partition coefficient (Wildman–Crippen LogP) is 2.43. The Morgan fingerprint density at radius 2 is 1.80 bits per heavy atom. The molecule has 0 bridgehead atoms. The first kappa shape index (κ1) is 12.1. The summed E-state index contributed by atoms with van der Waals surface area (Å²) < 4.78 is 0. The molecule has 0 aliphatic heterocycles. The lowest BCUT2D eigenvalue weighted by Gasteiger charge is -2.19. The van der Waals surface area contributed by atoms with Crippen LogP contribution >= 0.6 is 0 Å². The van der Waals surface area contributed by atoms with E-state index in [2.05, 4.69) is 48.5 Å². The molecule has 0 aliphatic rings. The molecule has 0 atom stereocenters. The number of benzene rings is 1. The highest BCUT2D eigenvalue weighted by Crippen LogP contribution is 2.13. The van der Waals surface area contributed by atoms with Gasteiger partial charge in [-0.15, -0.1) is 0 Å². The number of hydrogen-bond acceptors (Lipinski definition) is 2. The van der Waals surface area contributed by atoms with E-state index >= 15 is 0 Å². The van der Waals surface area contributed by atoms with Gasteiger partial charge in [-0.3, -0.25) is 0 Å². The van der Waals surface area contributed by atoms with Gasteiger partial charge >= 0.3 is 0 Å². The third-order valence-electron chi connectivity index (χ3n) is 2.65. The minimum Gasteiger partial charge on any atom is -0.375 e. The van der Waals surface area contributed by atoms with Crippen molar-refractivity contribution in [1.82, 2.24) is 5.32 Å². The normalized spacial score (nSPS) is 10.3. The molecule has 2 nitrogen and oxygen atoms in total. The highest BCUT2D eigenvalue weighted by Gasteiger charge is 1.99. The van der Waals surface area contributed by atoms with Crippen LogP contribution in [0.4, 0.5) is 5.69 Å². The molecule has 84 valence electrons. The summed E-state index contributed by atoms with van der Waals surface area (Å²) in [5, 5.41) is 3.17. The fourth-order valence-corrected chi connectivity index (χ4v) is 1.58. The van der Waals surface area contributed by atoms with E-state index in [0.717, 1.165) is 13.1 Å². The second-order valence-corrected chi connectivity index (χ2v) is 4.07. The molecule has 0 unspecified atom stereocenters. The topological polar surface area (TPSA) is 15.3 Å². The smallest absolute Gasteiger partial charge is 0.0363 e. The Labute approximate surface area is 93.3 Å². The Balaban J connectivity index is 2.33. The third kappa shape index (κ3) is 4.34. The van der Waals surface area contributed by atoms with Gasteiger partial charge in [0.1, 0.15) is 0 Å². The molecule has 0 fully saturated rings. The third-order valence-corrected chi connectivity index (χ3v) is 2.65. The first-order valence-corrected chi connectivity index (χ1v) is 5.66. The predicted molar refractivity (Wildman–Crippen MR) is 67.6 cm³/mol. The van der Waals surface area contributed by atoms with Crippen molar-refractivity contribution in [1.29, 1.82) is 0 Å². The van der Waals surface area contributed by atoms with Gasteiger partial charge in [-0.1, -0.05) is 17.7 Å². The quantitative estimate of drug-likeness (QED) is 0.719. The van der Waals surface area contributed by atoms with Crippen molar-refractivity contribution in [2.75, 3.05) is 32.1 Å². The summed E-state index contributed by atoms with van der Waals surface area (Å²) >= 11 is 0. The van der Waals surface area contributed by atoms with E-state index in [9.17, 15) is 0 Å². The Kier molecular flexibility index (Phi) is 5.19. The fraction of sp³-hybridized carbons (Fsp3) is 0.538. The minimum atomic E-state index is 1.11. The van der Waals surface area contributed by atoms with Gasteiger partial charge in [0.15, 0.2) is 0 Å². The molecule has 0 saturated heterocycles. The van der Waals surface area contributed by atoms with Crippen molar-refractivity contribution in [2.45, 2.75) is 19.8 Å². The molecule has 1 rings (SSSR count). The maximum absolute atomic E-state index is 3.17. The summed E-state index contributed by atoms with van der Waals surface area (Å²) in [4.78, 5) is 2.31. The molecular weight excluding hydrogens is 184 g/mol. The maximum atomic E-state index is 3.17. The van der Waals surface area contributed by atoms with Crippen LogP contribution in [0.1, 0.15) is 18.4 Å². The number of anilines is 1. The van der Waals surface area contributed by atoms with Gasteiger partial charge in [-0.05, 0) is 45.5 Å². The van der Waals surface area contributed by atoms with Crippen molar-refractivity contribution < 1.29 is 0 Å². The number of aryl methyl sites for hydroxylation is 1. The van der Waals surface area contributed by atoms with Gasteiger partial charge in [0.2, 0.25) is 0 Å². The van der Waals surface area contributed by atoms with Crippen molar-refractivity contribution in [3.05, 3.63) is 29.8 Å². The highest BCUT2D eigenvalue weighted by atomic mass is 15.1. The Morgan fingerprint density at radius 3 is 2.40 bits per heavy atom. The van der Waals surface area contributed by atoms with E-state index in [4.69, 9.17) is 0 Å². The zero-order valence-electron chi connectivity index (χ0n) is 10.1. The van der Waals surface area contributed by atoms with Gasteiger partial charge in [-0.25, -0.2) is 0 Å². The minimum absolute atomic E-state index is 1.11. The molecule has 0 radical (unpaired) electrons. The summed E-state index contributed by atoms with van der Waals surface area (Å²) in [5.74, 6) is 0. The van der Waals surface area contributed by atoms with Crippen LogP contribution in [-0.2, 0) is 0 Å². The molecule has 1 N–H and O–H groups in total. The van der Waals surface area contributed by atoms with Crippen molar-refractivity contribution in [3.8, 4) is 0 Å². The van der Waals surface area contributed by atoms with Gasteiger partial charge in [-0.2, -0.15) is 0 Å². The van der Waals surface area contributed by atoms with Crippen LogP contribution in [-0.4, -0.2) is 27.2 Å². The van der Waals surface area contributed by atoms with Gasteiger partial charge in [0.05, 0.1) is 0 Å². The molecule has 0 amide bonds. The van der Waals surface area contributed by atoms with E-state index in [1.54, 1.807) is 0 Å². The average molecular weight is 206 g/mol. The van der Waals surface area contributed by atoms with Crippen molar-refractivity contribution >= 4 is 5.69 Å². The summed E-state index contributed by atoms with van der Waals surface area (Å²) in [6, 6.07) is 8.71. The van der Waals surface area contributed by atoms with E-state index in [0.29, 0.717) is 0 Å². The van der Waals surface area contributed by atoms with E-state index < -0.39 is 0 Å². The van der Waals surface area contributed by atoms with Crippen LogP contribution in [0.15, 0.2) is 24.3 Å². The summed E-state index contributed by atoms with van der Waals surface area (Å²) in [7, 11) is 4.16. The van der Waals surface area contributed by atoms with Gasteiger partial charge in [0.25, 0.3) is 0 Å². The SMILES string of the molecule is CNCCCCN(C)c1ccc(C)cc1. The largest absolute Gasteiger partial charge is 0.375 e. The van der Waals surface area contributed by atoms with Crippen LogP contribution in [0.5, 0.6) is 0 Å².